The van der Waals surface area contributed by atoms with Gasteiger partial charge in [0.1, 0.15) is 0 Å². The van der Waals surface area contributed by atoms with Crippen LogP contribution in [-0.2, 0) is 13.0 Å². The molecule has 1 unspecified atom stereocenters. The van der Waals surface area contributed by atoms with E-state index in [4.69, 9.17) is 0 Å². The maximum Gasteiger partial charge on any atom is 0.191 e. The molecular weight excluding hydrogens is 280 g/mol. The number of nitrogens with one attached hydrogen (secondary N) is 2. The summed E-state index contributed by atoms with van der Waals surface area (Å²) in [6, 6.07) is 5.08. The smallest absolute Gasteiger partial charge is 0.191 e. The summed E-state index contributed by atoms with van der Waals surface area (Å²) in [6.45, 7) is 8.67. The van der Waals surface area contributed by atoms with Crippen molar-refractivity contribution in [3.05, 3.63) is 21.9 Å². The number of aliphatic imine (C=N–C) groups is 1. The maximum absolute atomic E-state index is 4.32. The fraction of sp³-hybridized carbons (Fsp3) is 0.688. The summed E-state index contributed by atoms with van der Waals surface area (Å²) in [5.41, 5.74) is 0. The van der Waals surface area contributed by atoms with Crippen LogP contribution in [-0.4, -0.2) is 43.6 Å². The molecule has 1 aromatic heterocycles. The zero-order valence-electron chi connectivity index (χ0n) is 13.5. The Bertz CT molecular complexity index is 455. The number of likely N-dealkylation sites (tertiary alicyclic amines) is 1. The zero-order chi connectivity index (χ0) is 15.1. The first-order valence-corrected chi connectivity index (χ1v) is 8.84. The molecule has 1 saturated heterocycles. The summed E-state index contributed by atoms with van der Waals surface area (Å²) in [5, 5.41) is 6.88. The number of hydrogen-bond donors (Lipinski definition) is 2. The van der Waals surface area contributed by atoms with Gasteiger partial charge in [-0.1, -0.05) is 13.8 Å². The van der Waals surface area contributed by atoms with Crippen LogP contribution in [0.2, 0.25) is 0 Å². The molecule has 0 amide bonds. The van der Waals surface area contributed by atoms with Crippen LogP contribution in [0.4, 0.5) is 0 Å². The Morgan fingerprint density at radius 2 is 2.14 bits per heavy atom. The summed E-state index contributed by atoms with van der Waals surface area (Å²) in [5.74, 6) is 0.907. The molecule has 1 fully saturated rings. The zero-order valence-corrected chi connectivity index (χ0v) is 14.3. The molecule has 0 aliphatic carbocycles. The summed E-state index contributed by atoms with van der Waals surface area (Å²) in [6.07, 6.45) is 3.73. The molecule has 118 valence electrons. The third-order valence-corrected chi connectivity index (χ3v) is 5.36. The number of rotatable bonds is 6. The van der Waals surface area contributed by atoms with Gasteiger partial charge in [-0.15, -0.1) is 11.3 Å². The van der Waals surface area contributed by atoms with Gasteiger partial charge in [0.05, 0.1) is 6.54 Å². The maximum atomic E-state index is 4.32. The monoisotopic (exact) mass is 308 g/mol. The van der Waals surface area contributed by atoms with Crippen molar-refractivity contribution in [1.29, 1.82) is 0 Å². The number of likely N-dealkylation sites (N-methyl/N-ethyl adjacent to an activating group) is 1. The quantitative estimate of drug-likeness (QED) is 0.626. The number of hydrogen-bond acceptors (Lipinski definition) is 3. The second kappa shape index (κ2) is 8.39. The Morgan fingerprint density at radius 1 is 1.33 bits per heavy atom. The fourth-order valence-electron chi connectivity index (χ4n) is 2.86. The van der Waals surface area contributed by atoms with Crippen molar-refractivity contribution in [2.45, 2.75) is 45.7 Å². The van der Waals surface area contributed by atoms with E-state index in [2.05, 4.69) is 46.5 Å². The molecule has 2 rings (SSSR count). The number of guanidine groups is 1. The van der Waals surface area contributed by atoms with E-state index in [1.165, 1.54) is 29.1 Å². The van der Waals surface area contributed by atoms with E-state index in [1.54, 1.807) is 0 Å². The Morgan fingerprint density at radius 3 is 2.81 bits per heavy atom. The fourth-order valence-corrected chi connectivity index (χ4v) is 3.75. The molecule has 0 spiro atoms. The first-order chi connectivity index (χ1) is 10.3. The molecule has 1 aromatic rings. The van der Waals surface area contributed by atoms with Gasteiger partial charge in [-0.2, -0.15) is 0 Å². The van der Waals surface area contributed by atoms with Crippen LogP contribution in [0.1, 0.15) is 36.4 Å². The van der Waals surface area contributed by atoms with E-state index in [1.807, 2.05) is 18.4 Å². The van der Waals surface area contributed by atoms with Gasteiger partial charge in [0.15, 0.2) is 5.96 Å². The van der Waals surface area contributed by atoms with Gasteiger partial charge in [-0.05, 0) is 44.5 Å². The van der Waals surface area contributed by atoms with E-state index < -0.39 is 0 Å². The molecule has 0 radical (unpaired) electrons. The van der Waals surface area contributed by atoms with Crippen LogP contribution in [0.3, 0.4) is 0 Å². The molecule has 21 heavy (non-hydrogen) atoms. The van der Waals surface area contributed by atoms with Crippen molar-refractivity contribution in [3.63, 3.8) is 0 Å². The van der Waals surface area contributed by atoms with Crippen LogP contribution in [0.25, 0.3) is 0 Å². The Hall–Kier alpha value is -1.07. The van der Waals surface area contributed by atoms with Crippen LogP contribution in [0.15, 0.2) is 17.1 Å². The van der Waals surface area contributed by atoms with Crippen molar-refractivity contribution in [1.82, 2.24) is 15.5 Å². The standard InChI is InChI=1S/C16H28N4S/c1-4-14-8-9-15(21-14)12-19-16(17-3)18-11-13-7-6-10-20(13)5-2/h8-9,13H,4-7,10-12H2,1-3H3,(H2,17,18,19). The number of thiophene rings is 1. The Balaban J connectivity index is 1.75. The van der Waals surface area contributed by atoms with Crippen molar-refractivity contribution < 1.29 is 0 Å². The second-order valence-electron chi connectivity index (χ2n) is 5.45. The minimum Gasteiger partial charge on any atom is -0.355 e. The number of aryl methyl sites for hydroxylation is 1. The highest BCUT2D eigenvalue weighted by Gasteiger charge is 2.22. The van der Waals surface area contributed by atoms with Gasteiger partial charge in [0, 0.05) is 29.4 Å². The summed E-state index contributed by atoms with van der Waals surface area (Å²) in [4.78, 5) is 9.68. The van der Waals surface area contributed by atoms with Crippen LogP contribution in [0.5, 0.6) is 0 Å². The highest BCUT2D eigenvalue weighted by Crippen LogP contribution is 2.17. The van der Waals surface area contributed by atoms with Crippen molar-refractivity contribution in [3.8, 4) is 0 Å². The lowest BCUT2D eigenvalue weighted by atomic mass is 10.2. The molecule has 0 bridgehead atoms. The highest BCUT2D eigenvalue weighted by molar-refractivity contribution is 7.11. The van der Waals surface area contributed by atoms with Gasteiger partial charge in [0.25, 0.3) is 0 Å². The van der Waals surface area contributed by atoms with Crippen LogP contribution in [0, 0.1) is 0 Å². The second-order valence-corrected chi connectivity index (χ2v) is 6.71. The lowest BCUT2D eigenvalue weighted by molar-refractivity contribution is 0.267. The predicted octanol–water partition coefficient (Wildman–Crippen LogP) is 2.46. The predicted molar refractivity (Wildman–Crippen MR) is 92.2 cm³/mol. The summed E-state index contributed by atoms with van der Waals surface area (Å²) >= 11 is 1.88. The van der Waals surface area contributed by atoms with Crippen LogP contribution < -0.4 is 10.6 Å². The van der Waals surface area contributed by atoms with E-state index >= 15 is 0 Å². The van der Waals surface area contributed by atoms with Gasteiger partial charge in [-0.3, -0.25) is 9.89 Å². The average Bonchev–Trinajstić information content (AvgIpc) is 3.15. The van der Waals surface area contributed by atoms with Gasteiger partial charge >= 0.3 is 0 Å². The minimum atomic E-state index is 0.655. The Kier molecular flexibility index (Phi) is 6.51. The molecule has 1 aliphatic rings. The van der Waals surface area contributed by atoms with Gasteiger partial charge in [0.2, 0.25) is 0 Å². The molecule has 1 aliphatic heterocycles. The number of nitrogens with zero attached hydrogens (tertiary/aromatic N) is 2. The first-order valence-electron chi connectivity index (χ1n) is 8.03. The lowest BCUT2D eigenvalue weighted by Crippen LogP contribution is -2.44. The third-order valence-electron chi connectivity index (χ3n) is 4.13. The van der Waals surface area contributed by atoms with E-state index in [-0.39, 0.29) is 0 Å². The topological polar surface area (TPSA) is 39.7 Å². The molecule has 1 atom stereocenters. The van der Waals surface area contributed by atoms with Gasteiger partial charge < -0.3 is 10.6 Å². The highest BCUT2D eigenvalue weighted by atomic mass is 32.1. The molecular formula is C16H28N4S. The molecule has 4 nitrogen and oxygen atoms in total. The minimum absolute atomic E-state index is 0.655. The van der Waals surface area contributed by atoms with Crippen molar-refractivity contribution >= 4 is 17.3 Å². The largest absolute Gasteiger partial charge is 0.355 e. The molecule has 2 N–H and O–H groups in total. The lowest BCUT2D eigenvalue weighted by Gasteiger charge is -2.23. The van der Waals surface area contributed by atoms with Crippen molar-refractivity contribution in [2.75, 3.05) is 26.7 Å². The molecule has 5 heteroatoms. The van der Waals surface area contributed by atoms with E-state index in [0.717, 1.165) is 32.0 Å². The van der Waals surface area contributed by atoms with Crippen LogP contribution >= 0.6 is 11.3 Å². The SMILES string of the molecule is CCc1ccc(CNC(=NC)NCC2CCCN2CC)s1. The summed E-state index contributed by atoms with van der Waals surface area (Å²) < 4.78 is 0. The third kappa shape index (κ3) is 4.71. The van der Waals surface area contributed by atoms with Crippen molar-refractivity contribution in [2.24, 2.45) is 4.99 Å². The normalized spacial score (nSPS) is 20.0. The van der Waals surface area contributed by atoms with E-state index in [0.29, 0.717) is 6.04 Å². The molecule has 2 heterocycles. The molecule has 0 saturated carbocycles. The average molecular weight is 308 g/mol. The summed E-state index contributed by atoms with van der Waals surface area (Å²) in [7, 11) is 1.84. The Labute approximate surface area is 132 Å². The van der Waals surface area contributed by atoms with E-state index in [9.17, 15) is 0 Å². The van der Waals surface area contributed by atoms with Gasteiger partial charge in [-0.25, -0.2) is 0 Å². The first kappa shape index (κ1) is 16.3. The molecule has 0 aromatic carbocycles.